The highest BCUT2D eigenvalue weighted by Crippen LogP contribution is 2.24. The van der Waals surface area contributed by atoms with Crippen molar-refractivity contribution in [3.63, 3.8) is 0 Å². The van der Waals surface area contributed by atoms with E-state index < -0.39 is 12.5 Å². The number of cyclic esters (lactones) is 1. The fraction of sp³-hybridized carbons (Fsp3) is 0.722. The molecule has 148 valence electrons. The molecule has 2 N–H and O–H groups in total. The summed E-state index contributed by atoms with van der Waals surface area (Å²) in [5.41, 5.74) is 6.38. The van der Waals surface area contributed by atoms with E-state index in [9.17, 15) is 9.18 Å². The lowest BCUT2D eigenvalue weighted by molar-refractivity contribution is -0.148. The zero-order chi connectivity index (χ0) is 19.1. The van der Waals surface area contributed by atoms with Gasteiger partial charge in [0.25, 0.3) is 0 Å². The van der Waals surface area contributed by atoms with Gasteiger partial charge in [-0.25, -0.2) is 9.18 Å². The fourth-order valence-electron chi connectivity index (χ4n) is 3.31. The number of nitrogens with zero attached hydrogens (tertiary/aromatic N) is 2. The van der Waals surface area contributed by atoms with Crippen LogP contribution < -0.4 is 5.73 Å². The van der Waals surface area contributed by atoms with Crippen LogP contribution in [0, 0.1) is 0 Å². The Kier molecular flexibility index (Phi) is 8.02. The lowest BCUT2D eigenvalue weighted by Crippen LogP contribution is -2.44. The van der Waals surface area contributed by atoms with Gasteiger partial charge in [-0.15, -0.1) is 0 Å². The minimum Gasteiger partial charge on any atom is -0.443 e. The molecular weight excluding hydrogens is 341 g/mol. The number of hydrogen-bond donors (Lipinski definition) is 1. The third-order valence-corrected chi connectivity index (χ3v) is 4.65. The molecule has 7 nitrogen and oxygen atoms in total. The van der Waals surface area contributed by atoms with E-state index in [0.717, 1.165) is 18.7 Å². The van der Waals surface area contributed by atoms with Crippen LogP contribution in [0.4, 0.5) is 9.18 Å². The second-order valence-corrected chi connectivity index (χ2v) is 6.49. The van der Waals surface area contributed by atoms with Gasteiger partial charge in [0.1, 0.15) is 6.10 Å². The SMILES string of the molecule is CCCN(CC(F)C(OC)OC)C1C=CC(N2CC(CN)OC2=O)=CC1. The molecule has 0 spiro atoms. The van der Waals surface area contributed by atoms with E-state index in [0.29, 0.717) is 19.5 Å². The van der Waals surface area contributed by atoms with E-state index in [4.69, 9.17) is 19.9 Å². The van der Waals surface area contributed by atoms with Gasteiger partial charge in [0, 0.05) is 39.0 Å². The molecule has 0 saturated carbocycles. The molecule has 26 heavy (non-hydrogen) atoms. The minimum atomic E-state index is -1.24. The Balaban J connectivity index is 1.97. The van der Waals surface area contributed by atoms with Crippen LogP contribution in [0.25, 0.3) is 0 Å². The van der Waals surface area contributed by atoms with Gasteiger partial charge in [0.2, 0.25) is 0 Å². The van der Waals surface area contributed by atoms with Crippen LogP contribution >= 0.6 is 0 Å². The van der Waals surface area contributed by atoms with E-state index in [1.165, 1.54) is 14.2 Å². The van der Waals surface area contributed by atoms with Crippen molar-refractivity contribution in [1.29, 1.82) is 0 Å². The molecule has 0 radical (unpaired) electrons. The average molecular weight is 371 g/mol. The Bertz CT molecular complexity index is 525. The standard InChI is InChI=1S/C18H30FN3O4/c1-4-9-21(12-16(19)17(24-2)25-3)13-5-7-14(8-6-13)22-11-15(10-20)26-18(22)23/h5,7-8,13,15-17H,4,6,9-12,20H2,1-3H3. The van der Waals surface area contributed by atoms with Crippen LogP contribution in [0.1, 0.15) is 19.8 Å². The van der Waals surface area contributed by atoms with Gasteiger partial charge >= 0.3 is 6.09 Å². The second-order valence-electron chi connectivity index (χ2n) is 6.49. The number of amides is 1. The van der Waals surface area contributed by atoms with Crippen molar-refractivity contribution in [3.05, 3.63) is 23.9 Å². The summed E-state index contributed by atoms with van der Waals surface area (Å²) >= 11 is 0. The number of nitrogens with two attached hydrogens (primary N) is 1. The number of carbonyl (C=O) groups excluding carboxylic acids is 1. The maximum absolute atomic E-state index is 14.4. The summed E-state index contributed by atoms with van der Waals surface area (Å²) in [6, 6.07) is 0.0650. The summed E-state index contributed by atoms with van der Waals surface area (Å²) in [6.45, 7) is 3.82. The predicted octanol–water partition coefficient (Wildman–Crippen LogP) is 1.65. The van der Waals surface area contributed by atoms with Gasteiger partial charge in [-0.3, -0.25) is 9.80 Å². The van der Waals surface area contributed by atoms with Crippen LogP contribution in [-0.4, -0.2) is 80.9 Å². The number of rotatable bonds is 10. The maximum Gasteiger partial charge on any atom is 0.414 e. The monoisotopic (exact) mass is 371 g/mol. The summed E-state index contributed by atoms with van der Waals surface area (Å²) in [7, 11) is 2.87. The normalized spacial score (nSPS) is 24.3. The van der Waals surface area contributed by atoms with Crippen molar-refractivity contribution in [2.75, 3.05) is 40.4 Å². The van der Waals surface area contributed by atoms with Gasteiger partial charge in [-0.1, -0.05) is 19.1 Å². The van der Waals surface area contributed by atoms with Crippen molar-refractivity contribution < 1.29 is 23.4 Å². The summed E-state index contributed by atoms with van der Waals surface area (Å²) in [4.78, 5) is 15.6. The van der Waals surface area contributed by atoms with Crippen LogP contribution in [0.15, 0.2) is 23.9 Å². The first kappa shape index (κ1) is 20.8. The number of ether oxygens (including phenoxy) is 3. The van der Waals surface area contributed by atoms with Gasteiger partial charge in [0.05, 0.1) is 6.54 Å². The van der Waals surface area contributed by atoms with E-state index in [-0.39, 0.29) is 24.8 Å². The molecule has 1 aliphatic heterocycles. The van der Waals surface area contributed by atoms with Crippen molar-refractivity contribution in [2.45, 2.75) is 44.4 Å². The molecule has 3 atom stereocenters. The summed E-state index contributed by atoms with van der Waals surface area (Å²) in [5, 5.41) is 0. The number of allylic oxidation sites excluding steroid dienone is 1. The van der Waals surface area contributed by atoms with Crippen LogP contribution in [0.5, 0.6) is 0 Å². The Morgan fingerprint density at radius 1 is 1.46 bits per heavy atom. The van der Waals surface area contributed by atoms with E-state index in [1.807, 2.05) is 18.2 Å². The first-order chi connectivity index (χ1) is 12.5. The summed E-state index contributed by atoms with van der Waals surface area (Å²) in [6.07, 6.45) is 4.75. The molecule has 0 aromatic carbocycles. The lowest BCUT2D eigenvalue weighted by atomic mass is 10.0. The molecular formula is C18H30FN3O4. The first-order valence-corrected chi connectivity index (χ1v) is 9.04. The molecule has 0 aromatic rings. The van der Waals surface area contributed by atoms with Crippen molar-refractivity contribution >= 4 is 6.09 Å². The number of halogens is 1. The molecule has 1 saturated heterocycles. The molecule has 1 aliphatic carbocycles. The Morgan fingerprint density at radius 3 is 2.69 bits per heavy atom. The molecule has 2 aliphatic rings. The van der Waals surface area contributed by atoms with Gasteiger partial charge in [-0.2, -0.15) is 0 Å². The molecule has 0 bridgehead atoms. The van der Waals surface area contributed by atoms with E-state index >= 15 is 0 Å². The Morgan fingerprint density at radius 2 is 2.19 bits per heavy atom. The van der Waals surface area contributed by atoms with Crippen molar-refractivity contribution in [2.24, 2.45) is 5.73 Å². The smallest absolute Gasteiger partial charge is 0.414 e. The molecule has 1 fully saturated rings. The Labute approximate surface area is 154 Å². The highest BCUT2D eigenvalue weighted by atomic mass is 19.1. The lowest BCUT2D eigenvalue weighted by Gasteiger charge is -2.33. The van der Waals surface area contributed by atoms with Crippen LogP contribution in [0.3, 0.4) is 0 Å². The van der Waals surface area contributed by atoms with Crippen molar-refractivity contribution in [3.8, 4) is 0 Å². The quantitative estimate of drug-likeness (QED) is 0.589. The number of alkyl halides is 1. The predicted molar refractivity (Wildman–Crippen MR) is 96.2 cm³/mol. The van der Waals surface area contributed by atoms with Crippen molar-refractivity contribution in [1.82, 2.24) is 9.80 Å². The zero-order valence-electron chi connectivity index (χ0n) is 15.8. The summed E-state index contributed by atoms with van der Waals surface area (Å²) in [5.74, 6) is 0. The molecule has 8 heteroatoms. The number of carbonyl (C=O) groups is 1. The van der Waals surface area contributed by atoms with Crippen LogP contribution in [-0.2, 0) is 14.2 Å². The molecule has 1 amide bonds. The highest BCUT2D eigenvalue weighted by molar-refractivity contribution is 5.73. The topological polar surface area (TPSA) is 77.3 Å². The third kappa shape index (κ3) is 5.03. The molecule has 1 heterocycles. The van der Waals surface area contributed by atoms with E-state index in [2.05, 4.69) is 11.8 Å². The molecule has 2 rings (SSSR count). The number of hydrogen-bond acceptors (Lipinski definition) is 6. The minimum absolute atomic E-state index is 0.0650. The third-order valence-electron chi connectivity index (χ3n) is 4.65. The zero-order valence-corrected chi connectivity index (χ0v) is 15.8. The Hall–Kier alpha value is -1.48. The van der Waals surface area contributed by atoms with Crippen LogP contribution in [0.2, 0.25) is 0 Å². The highest BCUT2D eigenvalue weighted by Gasteiger charge is 2.33. The van der Waals surface area contributed by atoms with E-state index in [1.54, 1.807) is 4.90 Å². The summed E-state index contributed by atoms with van der Waals surface area (Å²) < 4.78 is 29.7. The number of methoxy groups -OCH3 is 2. The molecule has 0 aromatic heterocycles. The van der Waals surface area contributed by atoms with Gasteiger partial charge < -0.3 is 19.9 Å². The molecule has 3 unspecified atom stereocenters. The van der Waals surface area contributed by atoms with Gasteiger partial charge in [0.15, 0.2) is 12.5 Å². The van der Waals surface area contributed by atoms with Gasteiger partial charge in [-0.05, 0) is 25.5 Å². The maximum atomic E-state index is 14.4. The second kappa shape index (κ2) is 10.0. The average Bonchev–Trinajstić information content (AvgIpc) is 3.03. The first-order valence-electron chi connectivity index (χ1n) is 9.04. The fourth-order valence-corrected chi connectivity index (χ4v) is 3.31. The largest absolute Gasteiger partial charge is 0.443 e.